The zero-order chi connectivity index (χ0) is 22.9. The second-order valence-corrected chi connectivity index (χ2v) is 10.5. The first kappa shape index (κ1) is 22.4. The molecule has 0 spiro atoms. The molecule has 0 saturated heterocycles. The lowest BCUT2D eigenvalue weighted by Crippen LogP contribution is -2.36. The largest absolute Gasteiger partial charge is 0.449 e. The molecular formula is C21H24F2N4O4S. The second kappa shape index (κ2) is 8.61. The van der Waals surface area contributed by atoms with E-state index in [0.29, 0.717) is 30.1 Å². The van der Waals surface area contributed by atoms with Crippen LogP contribution in [0.15, 0.2) is 41.6 Å². The molecule has 2 saturated carbocycles. The molecule has 1 aromatic heterocycles. The van der Waals surface area contributed by atoms with Crippen LogP contribution in [0.5, 0.6) is 0 Å². The molecule has 0 bridgehead atoms. The van der Waals surface area contributed by atoms with E-state index in [1.807, 2.05) is 6.92 Å². The number of ether oxygens (including phenoxy) is 1. The van der Waals surface area contributed by atoms with Gasteiger partial charge >= 0.3 is 11.9 Å². The zero-order valence-electron chi connectivity index (χ0n) is 17.4. The summed E-state index contributed by atoms with van der Waals surface area (Å²) in [6, 6.07) is 4.98. The van der Waals surface area contributed by atoms with Gasteiger partial charge in [-0.1, -0.05) is 0 Å². The standard InChI is InChI=1S/C21H24F2N4O4S/c1-21(6-7-21)27-20(28)31-12-13-8-14(9-13)15-10-24-19(25-11-15)26-16-2-4-17(5-3-16)32(29,30)18(22)23/h2-5,10-11,13-14,18H,6-9,12H2,1H3,(H,27,28)(H,24,25,26). The predicted molar refractivity (Wildman–Crippen MR) is 113 cm³/mol. The van der Waals surface area contributed by atoms with Crippen LogP contribution in [0.2, 0.25) is 0 Å². The fourth-order valence-electron chi connectivity index (χ4n) is 3.51. The van der Waals surface area contributed by atoms with Crippen molar-refractivity contribution in [1.29, 1.82) is 0 Å². The minimum absolute atomic E-state index is 0.0854. The number of amides is 1. The Bertz CT molecular complexity index is 1070. The smallest absolute Gasteiger partial charge is 0.407 e. The second-order valence-electron chi connectivity index (χ2n) is 8.61. The Morgan fingerprint density at radius 1 is 1.19 bits per heavy atom. The Morgan fingerprint density at radius 2 is 1.81 bits per heavy atom. The van der Waals surface area contributed by atoms with Crippen LogP contribution in [0, 0.1) is 5.92 Å². The molecule has 0 radical (unpaired) electrons. The highest BCUT2D eigenvalue weighted by Crippen LogP contribution is 2.41. The van der Waals surface area contributed by atoms with Crippen molar-refractivity contribution in [3.8, 4) is 0 Å². The van der Waals surface area contributed by atoms with Gasteiger partial charge in [0.25, 0.3) is 0 Å². The van der Waals surface area contributed by atoms with Gasteiger partial charge in [0.1, 0.15) is 0 Å². The molecule has 11 heteroatoms. The first-order valence-electron chi connectivity index (χ1n) is 10.3. The van der Waals surface area contributed by atoms with Crippen molar-refractivity contribution in [3.63, 3.8) is 0 Å². The molecule has 2 fully saturated rings. The van der Waals surface area contributed by atoms with Gasteiger partial charge < -0.3 is 15.4 Å². The highest BCUT2D eigenvalue weighted by molar-refractivity contribution is 7.91. The quantitative estimate of drug-likeness (QED) is 0.605. The minimum atomic E-state index is -4.62. The summed E-state index contributed by atoms with van der Waals surface area (Å²) in [5.74, 6) is -2.53. The molecule has 0 unspecified atom stereocenters. The fraction of sp³-hybridized carbons (Fsp3) is 0.476. The Morgan fingerprint density at radius 3 is 2.38 bits per heavy atom. The third-order valence-electron chi connectivity index (χ3n) is 5.91. The monoisotopic (exact) mass is 466 g/mol. The third-order valence-corrected chi connectivity index (χ3v) is 7.30. The third kappa shape index (κ3) is 5.14. The first-order chi connectivity index (χ1) is 15.1. The molecule has 1 amide bonds. The normalized spacial score (nSPS) is 21.5. The number of sulfone groups is 1. The molecule has 4 rings (SSSR count). The van der Waals surface area contributed by atoms with Crippen molar-refractivity contribution in [2.24, 2.45) is 5.92 Å². The maximum absolute atomic E-state index is 12.6. The number of alkyl carbamates (subject to hydrolysis) is 1. The van der Waals surface area contributed by atoms with Gasteiger partial charge in [0, 0.05) is 23.6 Å². The van der Waals surface area contributed by atoms with Crippen molar-refractivity contribution in [2.45, 2.75) is 54.7 Å². The molecular weight excluding hydrogens is 442 g/mol. The van der Waals surface area contributed by atoms with E-state index in [-0.39, 0.29) is 11.6 Å². The Balaban J connectivity index is 1.24. The summed E-state index contributed by atoms with van der Waals surface area (Å²) in [7, 11) is -4.62. The molecule has 0 aliphatic heterocycles. The molecule has 0 atom stereocenters. The topological polar surface area (TPSA) is 110 Å². The van der Waals surface area contributed by atoms with Crippen LogP contribution in [0.1, 0.15) is 44.1 Å². The molecule has 1 aromatic carbocycles. The van der Waals surface area contributed by atoms with E-state index in [1.165, 1.54) is 12.1 Å². The summed E-state index contributed by atoms with van der Waals surface area (Å²) in [6.45, 7) is 2.40. The van der Waals surface area contributed by atoms with E-state index >= 15 is 0 Å². The lowest BCUT2D eigenvalue weighted by Gasteiger charge is -2.34. The van der Waals surface area contributed by atoms with Crippen molar-refractivity contribution in [2.75, 3.05) is 11.9 Å². The maximum atomic E-state index is 12.6. The van der Waals surface area contributed by atoms with Crippen LogP contribution < -0.4 is 10.6 Å². The molecule has 1 heterocycles. The summed E-state index contributed by atoms with van der Waals surface area (Å²) < 4.78 is 53.4. The highest BCUT2D eigenvalue weighted by atomic mass is 32.2. The van der Waals surface area contributed by atoms with Gasteiger partial charge in [-0.2, -0.15) is 8.78 Å². The van der Waals surface area contributed by atoms with Gasteiger partial charge in [-0.15, -0.1) is 0 Å². The zero-order valence-corrected chi connectivity index (χ0v) is 18.2. The van der Waals surface area contributed by atoms with E-state index in [0.717, 1.165) is 43.4 Å². The van der Waals surface area contributed by atoms with Gasteiger partial charge in [-0.05, 0) is 74.3 Å². The summed E-state index contributed by atoms with van der Waals surface area (Å²) in [5.41, 5.74) is 1.38. The van der Waals surface area contributed by atoms with Crippen LogP contribution in [0.3, 0.4) is 0 Å². The van der Waals surface area contributed by atoms with Crippen molar-refractivity contribution in [3.05, 3.63) is 42.2 Å². The Kier molecular flexibility index (Phi) is 6.02. The molecule has 2 aromatic rings. The number of nitrogens with zero attached hydrogens (tertiary/aromatic N) is 2. The Hall–Kier alpha value is -2.82. The first-order valence-corrected chi connectivity index (χ1v) is 11.9. The van der Waals surface area contributed by atoms with Crippen molar-refractivity contribution < 1.29 is 26.7 Å². The van der Waals surface area contributed by atoms with E-state index < -0.39 is 20.5 Å². The van der Waals surface area contributed by atoms with Crippen molar-refractivity contribution >= 4 is 27.6 Å². The Labute approximate surface area is 184 Å². The minimum Gasteiger partial charge on any atom is -0.449 e. The lowest BCUT2D eigenvalue weighted by atomic mass is 9.72. The number of alkyl halides is 2. The van der Waals surface area contributed by atoms with Gasteiger partial charge in [-0.25, -0.2) is 23.2 Å². The number of halogens is 2. The average Bonchev–Trinajstić information content (AvgIpc) is 3.44. The predicted octanol–water partition coefficient (Wildman–Crippen LogP) is 3.99. The number of aromatic nitrogens is 2. The average molecular weight is 467 g/mol. The number of rotatable bonds is 8. The van der Waals surface area contributed by atoms with E-state index in [4.69, 9.17) is 4.74 Å². The number of anilines is 2. The molecule has 2 aliphatic rings. The highest BCUT2D eigenvalue weighted by Gasteiger charge is 2.39. The number of carbonyl (C=O) groups is 1. The molecule has 172 valence electrons. The van der Waals surface area contributed by atoms with Gasteiger partial charge in [0.2, 0.25) is 15.8 Å². The molecule has 32 heavy (non-hydrogen) atoms. The summed E-state index contributed by atoms with van der Waals surface area (Å²) in [6.07, 6.45) is 6.84. The SMILES string of the molecule is CC1(NC(=O)OCC2CC(c3cnc(Nc4ccc(S(=O)(=O)C(F)F)cc4)nc3)C2)CC1. The van der Waals surface area contributed by atoms with Gasteiger partial charge in [-0.3, -0.25) is 0 Å². The molecule has 2 N–H and O–H groups in total. The van der Waals surface area contributed by atoms with E-state index in [9.17, 15) is 22.0 Å². The summed E-state index contributed by atoms with van der Waals surface area (Å²) in [4.78, 5) is 19.8. The number of nitrogens with one attached hydrogen (secondary N) is 2. The van der Waals surface area contributed by atoms with Gasteiger partial charge in [0.15, 0.2) is 0 Å². The van der Waals surface area contributed by atoms with Crippen LogP contribution >= 0.6 is 0 Å². The summed E-state index contributed by atoms with van der Waals surface area (Å²) >= 11 is 0. The number of carbonyl (C=O) groups excluding carboxylic acids is 1. The van der Waals surface area contributed by atoms with Crippen LogP contribution in [0.4, 0.5) is 25.2 Å². The lowest BCUT2D eigenvalue weighted by molar-refractivity contribution is 0.0918. The van der Waals surface area contributed by atoms with Gasteiger partial charge in [0.05, 0.1) is 11.5 Å². The molecule has 2 aliphatic carbocycles. The number of hydrogen-bond acceptors (Lipinski definition) is 7. The van der Waals surface area contributed by atoms with E-state index in [2.05, 4.69) is 20.6 Å². The van der Waals surface area contributed by atoms with Crippen LogP contribution in [0.25, 0.3) is 0 Å². The van der Waals surface area contributed by atoms with Crippen LogP contribution in [-0.2, 0) is 14.6 Å². The fourth-order valence-corrected chi connectivity index (χ4v) is 4.23. The van der Waals surface area contributed by atoms with Crippen molar-refractivity contribution in [1.82, 2.24) is 15.3 Å². The number of benzene rings is 1. The number of hydrogen-bond donors (Lipinski definition) is 2. The molecule has 8 nitrogen and oxygen atoms in total. The maximum Gasteiger partial charge on any atom is 0.407 e. The van der Waals surface area contributed by atoms with Crippen LogP contribution in [-0.4, -0.2) is 42.4 Å². The summed E-state index contributed by atoms with van der Waals surface area (Å²) in [5, 5.41) is 5.78. The van der Waals surface area contributed by atoms with E-state index in [1.54, 1.807) is 12.4 Å².